The molecular formula is C32H39N5O8. The van der Waals surface area contributed by atoms with E-state index >= 15 is 0 Å². The lowest BCUT2D eigenvalue weighted by molar-refractivity contribution is -0.146. The normalized spacial score (nSPS) is 16.4. The highest BCUT2D eigenvalue weighted by Crippen LogP contribution is 2.28. The molecule has 1 aromatic heterocycles. The van der Waals surface area contributed by atoms with Crippen molar-refractivity contribution in [1.29, 1.82) is 0 Å². The molecule has 2 aromatic carbocycles. The molecule has 3 amide bonds. The number of Topliss-reactive ketones (excluding diaryl/α,β-unsaturated/α-hetero) is 1. The Morgan fingerprint density at radius 3 is 2.29 bits per heavy atom. The van der Waals surface area contributed by atoms with Crippen LogP contribution in [0.1, 0.15) is 56.8 Å². The molecule has 4 rings (SSSR count). The van der Waals surface area contributed by atoms with Crippen LogP contribution >= 0.6 is 0 Å². The predicted molar refractivity (Wildman–Crippen MR) is 163 cm³/mol. The van der Waals surface area contributed by atoms with Gasteiger partial charge < -0.3 is 19.6 Å². The monoisotopic (exact) mass is 621 g/mol. The Labute approximate surface area is 260 Å². The number of carbonyl (C=O) groups is 4. The fourth-order valence-electron chi connectivity index (χ4n) is 5.28. The zero-order valence-corrected chi connectivity index (χ0v) is 26.0. The van der Waals surface area contributed by atoms with Crippen molar-refractivity contribution in [3.05, 3.63) is 76.6 Å². The van der Waals surface area contributed by atoms with E-state index in [4.69, 9.17) is 19.6 Å². The molecule has 0 spiro atoms. The number of amides is 3. The lowest BCUT2D eigenvalue weighted by atomic mass is 9.96. The maximum absolute atomic E-state index is 13.8. The predicted octanol–water partition coefficient (Wildman–Crippen LogP) is 3.18. The van der Waals surface area contributed by atoms with E-state index in [0.717, 1.165) is 17.4 Å². The average Bonchev–Trinajstić information content (AvgIpc) is 3.67. The number of imide groups is 3. The molecule has 240 valence electrons. The Morgan fingerprint density at radius 1 is 1.02 bits per heavy atom. The summed E-state index contributed by atoms with van der Waals surface area (Å²) in [6.45, 7) is 7.64. The van der Waals surface area contributed by atoms with Crippen molar-refractivity contribution in [2.75, 3.05) is 13.7 Å². The van der Waals surface area contributed by atoms with Gasteiger partial charge in [-0.2, -0.15) is 9.58 Å². The second-order valence-corrected chi connectivity index (χ2v) is 11.6. The Balaban J connectivity index is 1.55. The van der Waals surface area contributed by atoms with Crippen LogP contribution in [0.15, 0.2) is 63.8 Å². The van der Waals surface area contributed by atoms with Crippen LogP contribution in [-0.2, 0) is 20.9 Å². The number of ketones is 1. The summed E-state index contributed by atoms with van der Waals surface area (Å²) < 4.78 is 16.8. The van der Waals surface area contributed by atoms with Gasteiger partial charge in [-0.1, -0.05) is 58.0 Å². The van der Waals surface area contributed by atoms with Crippen LogP contribution in [0.2, 0.25) is 0 Å². The van der Waals surface area contributed by atoms with Gasteiger partial charge in [-0.05, 0) is 61.1 Å². The molecule has 1 aliphatic rings. The average molecular weight is 622 g/mol. The molecule has 3 aromatic rings. The van der Waals surface area contributed by atoms with E-state index in [1.165, 1.54) is 0 Å². The van der Waals surface area contributed by atoms with Crippen LogP contribution in [0.25, 0.3) is 5.69 Å². The third-order valence-electron chi connectivity index (χ3n) is 7.73. The zero-order valence-electron chi connectivity index (χ0n) is 26.0. The number of hydrogen-bond acceptors (Lipinski definition) is 11. The first-order chi connectivity index (χ1) is 21.4. The van der Waals surface area contributed by atoms with Crippen molar-refractivity contribution in [2.45, 2.75) is 65.3 Å². The van der Waals surface area contributed by atoms with Crippen molar-refractivity contribution >= 4 is 23.7 Å². The third-order valence-corrected chi connectivity index (χ3v) is 7.73. The smallest absolute Gasteiger partial charge is 0.442 e. The van der Waals surface area contributed by atoms with Gasteiger partial charge in [0.25, 0.3) is 17.7 Å². The van der Waals surface area contributed by atoms with Crippen molar-refractivity contribution in [2.24, 2.45) is 17.6 Å². The molecule has 2 heterocycles. The van der Waals surface area contributed by atoms with E-state index < -0.39 is 53.5 Å². The summed E-state index contributed by atoms with van der Waals surface area (Å²) >= 11 is 0. The van der Waals surface area contributed by atoms with E-state index in [9.17, 15) is 24.0 Å². The Hall–Kier alpha value is -4.62. The van der Waals surface area contributed by atoms with E-state index in [1.807, 2.05) is 30.3 Å². The van der Waals surface area contributed by atoms with Gasteiger partial charge in [-0.15, -0.1) is 5.10 Å². The summed E-state index contributed by atoms with van der Waals surface area (Å²) in [5.41, 5.74) is 7.35. The third kappa shape index (κ3) is 7.37. The fourth-order valence-corrected chi connectivity index (χ4v) is 5.28. The molecular weight excluding hydrogens is 582 g/mol. The van der Waals surface area contributed by atoms with Gasteiger partial charge in [0.05, 0.1) is 30.9 Å². The standard InChI is InChI=1S/C32H39N5O8/c1-19(2)25(33)30(40)36(31(41)43-5)29(39)24-12-9-17-35(24)26(20(3)4)27(38)28-34-37(32(42)45-28)22-13-15-23(16-14-22)44-18-21-10-7-6-8-11-21/h6-8,10-11,13-16,19-20,24-26H,9,12,17-18,33H2,1-5H3/t24-,25-,26-/m0/s1. The molecule has 0 saturated carbocycles. The number of nitrogens with zero attached hydrogens (tertiary/aromatic N) is 4. The van der Waals surface area contributed by atoms with Crippen molar-refractivity contribution in [1.82, 2.24) is 19.6 Å². The quantitative estimate of drug-likeness (QED) is 0.312. The molecule has 1 fully saturated rings. The molecule has 0 aliphatic carbocycles. The number of methoxy groups -OCH3 is 1. The molecule has 1 saturated heterocycles. The lowest BCUT2D eigenvalue weighted by Gasteiger charge is -2.34. The van der Waals surface area contributed by atoms with Crippen LogP contribution in [-0.4, -0.2) is 75.1 Å². The Kier molecular flexibility index (Phi) is 10.7. The van der Waals surface area contributed by atoms with Gasteiger partial charge in [0.1, 0.15) is 12.4 Å². The van der Waals surface area contributed by atoms with Crippen LogP contribution in [0, 0.1) is 11.8 Å². The van der Waals surface area contributed by atoms with E-state index in [-0.39, 0.29) is 18.3 Å². The number of aromatic nitrogens is 2. The number of carbonyl (C=O) groups excluding carboxylic acids is 4. The molecule has 0 unspecified atom stereocenters. The van der Waals surface area contributed by atoms with E-state index in [0.29, 0.717) is 35.9 Å². The number of ether oxygens (including phenoxy) is 2. The van der Waals surface area contributed by atoms with Crippen LogP contribution in [0.4, 0.5) is 4.79 Å². The van der Waals surface area contributed by atoms with Crippen molar-refractivity contribution < 1.29 is 33.1 Å². The summed E-state index contributed by atoms with van der Waals surface area (Å²) in [5, 5.41) is 4.18. The maximum Gasteiger partial charge on any atom is 0.442 e. The van der Waals surface area contributed by atoms with E-state index in [1.54, 1.807) is 56.9 Å². The second kappa shape index (κ2) is 14.4. The van der Waals surface area contributed by atoms with Gasteiger partial charge >= 0.3 is 11.8 Å². The largest absolute Gasteiger partial charge is 0.489 e. The van der Waals surface area contributed by atoms with Gasteiger partial charge in [0, 0.05) is 0 Å². The molecule has 0 bridgehead atoms. The number of nitrogens with two attached hydrogens (primary N) is 1. The zero-order chi connectivity index (χ0) is 32.8. The summed E-state index contributed by atoms with van der Waals surface area (Å²) in [7, 11) is 1.06. The topological polar surface area (TPSA) is 167 Å². The fraction of sp³-hybridized carbons (Fsp3) is 0.438. The molecule has 13 nitrogen and oxygen atoms in total. The summed E-state index contributed by atoms with van der Waals surface area (Å²) in [6.07, 6.45) is -0.352. The van der Waals surface area contributed by atoms with Gasteiger partial charge in [0.15, 0.2) is 0 Å². The number of rotatable bonds is 11. The molecule has 1 aliphatic heterocycles. The first-order valence-corrected chi connectivity index (χ1v) is 14.8. The minimum absolute atomic E-state index is 0.282. The molecule has 0 radical (unpaired) electrons. The minimum atomic E-state index is -1.15. The number of hydrogen-bond donors (Lipinski definition) is 1. The molecule has 13 heteroatoms. The summed E-state index contributed by atoms with van der Waals surface area (Å²) in [5.74, 6) is -3.75. The van der Waals surface area contributed by atoms with Crippen molar-refractivity contribution in [3.63, 3.8) is 0 Å². The second-order valence-electron chi connectivity index (χ2n) is 11.6. The molecule has 2 N–H and O–H groups in total. The molecule has 45 heavy (non-hydrogen) atoms. The SMILES string of the molecule is COC(=O)N(C(=O)[C@@H](N)C(C)C)C(=O)[C@@H]1CCCN1[C@H](C(=O)c1nn(-c2ccc(OCc3ccccc3)cc2)c(=O)o1)C(C)C. The summed E-state index contributed by atoms with van der Waals surface area (Å²) in [6, 6.07) is 13.2. The van der Waals surface area contributed by atoms with Crippen LogP contribution < -0.4 is 16.2 Å². The van der Waals surface area contributed by atoms with Gasteiger partial charge in [0.2, 0.25) is 5.78 Å². The summed E-state index contributed by atoms with van der Waals surface area (Å²) in [4.78, 5) is 68.0. The number of benzene rings is 2. The highest BCUT2D eigenvalue weighted by atomic mass is 16.5. The Morgan fingerprint density at radius 2 is 1.69 bits per heavy atom. The first-order valence-electron chi connectivity index (χ1n) is 14.8. The highest BCUT2D eigenvalue weighted by Gasteiger charge is 2.46. The number of likely N-dealkylation sites (tertiary alicyclic amines) is 1. The van der Waals surface area contributed by atoms with Gasteiger partial charge in [-0.3, -0.25) is 19.3 Å². The first kappa shape index (κ1) is 33.3. The van der Waals surface area contributed by atoms with Gasteiger partial charge in [-0.25, -0.2) is 9.59 Å². The molecule has 3 atom stereocenters. The van der Waals surface area contributed by atoms with Crippen molar-refractivity contribution in [3.8, 4) is 11.4 Å². The highest BCUT2D eigenvalue weighted by molar-refractivity contribution is 6.12. The lowest BCUT2D eigenvalue weighted by Crippen LogP contribution is -2.58. The van der Waals surface area contributed by atoms with E-state index in [2.05, 4.69) is 5.10 Å². The van der Waals surface area contributed by atoms with Crippen LogP contribution in [0.5, 0.6) is 5.75 Å². The minimum Gasteiger partial charge on any atom is -0.489 e. The Bertz CT molecular complexity index is 1560. The maximum atomic E-state index is 13.8. The van der Waals surface area contributed by atoms with Crippen LogP contribution in [0.3, 0.4) is 0 Å².